The third-order valence-electron chi connectivity index (χ3n) is 5.01. The van der Waals surface area contributed by atoms with E-state index in [2.05, 4.69) is 0 Å². The molecule has 166 valence electrons. The first-order valence-electron chi connectivity index (χ1n) is 10.1. The highest BCUT2D eigenvalue weighted by atomic mass is 32.2. The monoisotopic (exact) mass is 461 g/mol. The molecule has 0 bridgehead atoms. The number of nitro groups is 1. The molecule has 3 aromatic carbocycles. The Labute approximate surface area is 193 Å². The van der Waals surface area contributed by atoms with Crippen molar-refractivity contribution in [3.63, 3.8) is 0 Å². The van der Waals surface area contributed by atoms with Crippen LogP contribution >= 0.6 is 11.8 Å². The number of non-ortho nitro benzene ring substituents is 1. The maximum absolute atomic E-state index is 13.0. The van der Waals surface area contributed by atoms with E-state index >= 15 is 0 Å². The highest BCUT2D eigenvalue weighted by molar-refractivity contribution is 8.00. The lowest BCUT2D eigenvalue weighted by Crippen LogP contribution is -2.20. The second-order valence-electron chi connectivity index (χ2n) is 7.32. The molecule has 0 spiro atoms. The molecule has 0 aliphatic heterocycles. The quantitative estimate of drug-likeness (QED) is 0.118. The molecule has 0 saturated carbocycles. The number of carbonyl (C=O) groups excluding carboxylic acids is 1. The zero-order chi connectivity index (χ0) is 23.5. The Balaban J connectivity index is 1.53. The van der Waals surface area contributed by atoms with E-state index in [1.54, 1.807) is 38.1 Å². The summed E-state index contributed by atoms with van der Waals surface area (Å²) in [5.74, 6) is 0.251. The van der Waals surface area contributed by atoms with Gasteiger partial charge in [0, 0.05) is 23.1 Å². The molecule has 0 radical (unpaired) electrons. The van der Waals surface area contributed by atoms with E-state index < -0.39 is 16.1 Å². The second kappa shape index (κ2) is 9.30. The zero-order valence-electron chi connectivity index (χ0n) is 17.8. The number of carbonyl (C=O) groups is 1. The molecule has 0 N–H and O–H groups in total. The van der Waals surface area contributed by atoms with E-state index in [1.165, 1.54) is 30.0 Å². The Bertz CT molecular complexity index is 1400. The molecular weight excluding hydrogens is 442 g/mol. The van der Waals surface area contributed by atoms with Crippen LogP contribution in [0.2, 0.25) is 0 Å². The van der Waals surface area contributed by atoms with E-state index in [4.69, 9.17) is 9.15 Å². The summed E-state index contributed by atoms with van der Waals surface area (Å²) in [4.78, 5) is 36.6. The number of hydrogen-bond acceptors (Lipinski definition) is 7. The number of nitrogens with zero attached hydrogens (tertiary/aromatic N) is 1. The second-order valence-corrected chi connectivity index (χ2v) is 8.73. The molecule has 0 fully saturated rings. The van der Waals surface area contributed by atoms with Crippen molar-refractivity contribution in [2.75, 3.05) is 0 Å². The summed E-state index contributed by atoms with van der Waals surface area (Å²) >= 11 is 1.23. The summed E-state index contributed by atoms with van der Waals surface area (Å²) in [6, 6.07) is 19.9. The smallest absolute Gasteiger partial charge is 0.324 e. The highest BCUT2D eigenvalue weighted by Gasteiger charge is 2.19. The normalized spacial score (nSPS) is 11.8. The first-order chi connectivity index (χ1) is 15.8. The lowest BCUT2D eigenvalue weighted by atomic mass is 10.0. The number of thioether (sulfide) groups is 1. The number of aryl methyl sites for hydroxylation is 1. The lowest BCUT2D eigenvalue weighted by molar-refractivity contribution is -0.384. The minimum absolute atomic E-state index is 0.0158. The summed E-state index contributed by atoms with van der Waals surface area (Å²) < 4.78 is 11.4. The van der Waals surface area contributed by atoms with Crippen LogP contribution < -0.4 is 10.2 Å². The summed E-state index contributed by atoms with van der Waals surface area (Å²) in [6.07, 6.45) is 0. The van der Waals surface area contributed by atoms with Crippen LogP contribution in [-0.2, 0) is 4.79 Å². The van der Waals surface area contributed by atoms with Crippen molar-refractivity contribution in [2.24, 2.45) is 0 Å². The summed E-state index contributed by atoms with van der Waals surface area (Å²) in [5.41, 5.74) is 1.44. The van der Waals surface area contributed by atoms with Gasteiger partial charge >= 0.3 is 5.97 Å². The van der Waals surface area contributed by atoms with Gasteiger partial charge in [0.1, 0.15) is 22.3 Å². The Kier molecular flexibility index (Phi) is 6.28. The van der Waals surface area contributed by atoms with Gasteiger partial charge in [-0.1, -0.05) is 30.3 Å². The maximum atomic E-state index is 13.0. The van der Waals surface area contributed by atoms with Crippen LogP contribution in [0.5, 0.6) is 5.75 Å². The molecule has 1 heterocycles. The van der Waals surface area contributed by atoms with Gasteiger partial charge in [-0.3, -0.25) is 19.7 Å². The number of ether oxygens (including phenoxy) is 1. The molecular formula is C25H19NO6S. The first-order valence-corrected chi connectivity index (χ1v) is 11.0. The van der Waals surface area contributed by atoms with E-state index in [0.29, 0.717) is 27.2 Å². The van der Waals surface area contributed by atoms with E-state index in [9.17, 15) is 19.7 Å². The number of rotatable bonds is 6. The van der Waals surface area contributed by atoms with Crippen molar-refractivity contribution in [1.29, 1.82) is 0 Å². The van der Waals surface area contributed by atoms with Gasteiger partial charge in [-0.05, 0) is 43.7 Å². The fourth-order valence-corrected chi connectivity index (χ4v) is 4.23. The van der Waals surface area contributed by atoms with Gasteiger partial charge in [0.25, 0.3) is 5.69 Å². The van der Waals surface area contributed by atoms with Crippen LogP contribution in [0.1, 0.15) is 12.7 Å². The Morgan fingerprint density at radius 3 is 2.42 bits per heavy atom. The third-order valence-corrected chi connectivity index (χ3v) is 6.10. The number of esters is 1. The van der Waals surface area contributed by atoms with Crippen LogP contribution in [0, 0.1) is 17.0 Å². The molecule has 0 amide bonds. The van der Waals surface area contributed by atoms with E-state index in [1.807, 2.05) is 30.3 Å². The minimum atomic E-state index is -0.559. The van der Waals surface area contributed by atoms with Crippen molar-refractivity contribution < 1.29 is 18.9 Å². The van der Waals surface area contributed by atoms with Crippen LogP contribution in [0.25, 0.3) is 22.1 Å². The molecule has 0 saturated heterocycles. The van der Waals surface area contributed by atoms with Gasteiger partial charge < -0.3 is 9.15 Å². The standard InChI is InChI=1S/C25H19NO6S/c1-15-23(17-6-4-3-5-7-17)24(27)21-13-10-19(14-22(21)31-15)32-25(28)16(2)33-20-11-8-18(9-12-20)26(29)30/h3-14,16H,1-2H3. The van der Waals surface area contributed by atoms with Crippen LogP contribution in [0.4, 0.5) is 5.69 Å². The van der Waals surface area contributed by atoms with Crippen LogP contribution in [-0.4, -0.2) is 16.1 Å². The van der Waals surface area contributed by atoms with Gasteiger partial charge in [-0.2, -0.15) is 0 Å². The van der Waals surface area contributed by atoms with Crippen molar-refractivity contribution >= 4 is 34.4 Å². The van der Waals surface area contributed by atoms with Crippen molar-refractivity contribution in [2.45, 2.75) is 24.0 Å². The predicted octanol–water partition coefficient (Wildman–Crippen LogP) is 5.76. The lowest BCUT2D eigenvalue weighted by Gasteiger charge is -2.12. The largest absolute Gasteiger partial charge is 0.460 e. The molecule has 0 aliphatic carbocycles. The van der Waals surface area contributed by atoms with E-state index in [-0.39, 0.29) is 16.9 Å². The SMILES string of the molecule is Cc1oc2cc(OC(=O)C(C)Sc3ccc([N+](=O)[O-])cc3)ccc2c(=O)c1-c1ccccc1. The van der Waals surface area contributed by atoms with Crippen molar-refractivity contribution in [3.05, 3.63) is 98.9 Å². The molecule has 4 rings (SSSR count). The van der Waals surface area contributed by atoms with Gasteiger partial charge in [0.2, 0.25) is 5.43 Å². The molecule has 0 aliphatic rings. The average molecular weight is 461 g/mol. The number of benzene rings is 3. The Morgan fingerprint density at radius 2 is 1.76 bits per heavy atom. The predicted molar refractivity (Wildman–Crippen MR) is 127 cm³/mol. The number of hydrogen-bond donors (Lipinski definition) is 0. The van der Waals surface area contributed by atoms with Crippen molar-refractivity contribution in [1.82, 2.24) is 0 Å². The Hall–Kier alpha value is -3.91. The fourth-order valence-electron chi connectivity index (χ4n) is 3.39. The fraction of sp³-hybridized carbons (Fsp3) is 0.120. The summed E-state index contributed by atoms with van der Waals surface area (Å²) in [7, 11) is 0. The molecule has 4 aromatic rings. The molecule has 1 unspecified atom stereocenters. The zero-order valence-corrected chi connectivity index (χ0v) is 18.6. The van der Waals surface area contributed by atoms with Gasteiger partial charge in [0.15, 0.2) is 0 Å². The molecule has 7 nitrogen and oxygen atoms in total. The highest BCUT2D eigenvalue weighted by Crippen LogP contribution is 2.29. The first kappa shape index (κ1) is 22.3. The number of fused-ring (bicyclic) bond motifs is 1. The third kappa shape index (κ3) is 4.80. The molecule has 1 aromatic heterocycles. The van der Waals surface area contributed by atoms with Gasteiger partial charge in [-0.25, -0.2) is 0 Å². The number of nitro benzene ring substituents is 1. The van der Waals surface area contributed by atoms with Gasteiger partial charge in [0.05, 0.1) is 15.9 Å². The maximum Gasteiger partial charge on any atom is 0.324 e. The topological polar surface area (TPSA) is 99.7 Å². The van der Waals surface area contributed by atoms with E-state index in [0.717, 1.165) is 5.56 Å². The van der Waals surface area contributed by atoms with Gasteiger partial charge in [-0.15, -0.1) is 11.8 Å². The van der Waals surface area contributed by atoms with Crippen LogP contribution in [0.3, 0.4) is 0 Å². The minimum Gasteiger partial charge on any atom is -0.460 e. The molecule has 1 atom stereocenters. The van der Waals surface area contributed by atoms with Crippen LogP contribution in [0.15, 0.2) is 86.9 Å². The van der Waals surface area contributed by atoms with Crippen molar-refractivity contribution in [3.8, 4) is 16.9 Å². The summed E-state index contributed by atoms with van der Waals surface area (Å²) in [6.45, 7) is 3.41. The summed E-state index contributed by atoms with van der Waals surface area (Å²) in [5, 5.41) is 10.6. The average Bonchev–Trinajstić information content (AvgIpc) is 2.80. The molecule has 33 heavy (non-hydrogen) atoms. The Morgan fingerprint density at radius 1 is 1.06 bits per heavy atom. The molecule has 8 heteroatoms.